The lowest BCUT2D eigenvalue weighted by atomic mass is 10.4. The Labute approximate surface area is 72.9 Å². The molecular formula is C7H19NO4. The third-order valence-electron chi connectivity index (χ3n) is 1.29. The first kappa shape index (κ1) is 14.3. The second-order valence-electron chi connectivity index (χ2n) is 2.34. The first-order chi connectivity index (χ1) is 5.46. The minimum atomic E-state index is -0.833. The Morgan fingerprint density at radius 1 is 0.750 bits per heavy atom. The van der Waals surface area contributed by atoms with E-state index in [1.165, 1.54) is 25.7 Å². The van der Waals surface area contributed by atoms with E-state index in [1.807, 2.05) is 0 Å². The lowest BCUT2D eigenvalue weighted by molar-refractivity contribution is -0.159. The Morgan fingerprint density at radius 3 is 0.917 bits per heavy atom. The number of aliphatic hydroxyl groups is 4. The van der Waals surface area contributed by atoms with Crippen LogP contribution in [0.25, 0.3) is 0 Å². The van der Waals surface area contributed by atoms with Crippen LogP contribution < -0.4 is 0 Å². The Morgan fingerprint density at radius 2 is 0.917 bits per heavy atom. The molecule has 0 heterocycles. The van der Waals surface area contributed by atoms with E-state index in [0.29, 0.717) is 0 Å². The molecule has 0 fully saturated rings. The van der Waals surface area contributed by atoms with Crippen molar-refractivity contribution in [2.75, 3.05) is 7.11 Å². The molecule has 0 aliphatic carbocycles. The molecule has 0 aromatic heterocycles. The molecule has 0 amide bonds. The van der Waals surface area contributed by atoms with Crippen molar-refractivity contribution in [1.29, 1.82) is 0 Å². The van der Waals surface area contributed by atoms with Gasteiger partial charge in [0.05, 0.1) is 0 Å². The first-order valence-corrected chi connectivity index (χ1v) is 3.73. The predicted molar refractivity (Wildman–Crippen MR) is 45.0 cm³/mol. The Balaban J connectivity index is 0. The van der Waals surface area contributed by atoms with Crippen LogP contribution in [0.1, 0.15) is 20.8 Å². The van der Waals surface area contributed by atoms with Gasteiger partial charge in [0.25, 0.3) is 0 Å². The number of aliphatic hydroxyl groups excluding tert-OH is 4. The predicted octanol–water partition coefficient (Wildman–Crippen LogP) is -1.09. The normalized spacial score (nSPS) is 17.8. The first-order valence-electron chi connectivity index (χ1n) is 3.73. The standard InChI is InChI=1S/C6H15NO3.CH4O/c1-4(8)7(5(2)9)6(3)10;1-2/h4-6,8-10H,1-3H3;2H,1H3. The van der Waals surface area contributed by atoms with Gasteiger partial charge in [-0.05, 0) is 20.8 Å². The second kappa shape index (κ2) is 7.45. The summed E-state index contributed by atoms with van der Waals surface area (Å²) in [5.41, 5.74) is 0. The zero-order valence-electron chi connectivity index (χ0n) is 7.97. The van der Waals surface area contributed by atoms with Gasteiger partial charge in [-0.3, -0.25) is 0 Å². The van der Waals surface area contributed by atoms with Crippen LogP contribution in [0.3, 0.4) is 0 Å². The molecule has 5 heteroatoms. The summed E-state index contributed by atoms with van der Waals surface area (Å²) in [6.07, 6.45) is -2.50. The summed E-state index contributed by atoms with van der Waals surface area (Å²) in [5, 5.41) is 33.9. The molecule has 0 rings (SSSR count). The van der Waals surface area contributed by atoms with Gasteiger partial charge in [-0.25, -0.2) is 4.90 Å². The van der Waals surface area contributed by atoms with Crippen LogP contribution in [0.2, 0.25) is 0 Å². The average Bonchev–Trinajstić information content (AvgIpc) is 1.88. The maximum absolute atomic E-state index is 8.96. The molecule has 4 N–H and O–H groups in total. The fraction of sp³-hybridized carbons (Fsp3) is 1.00. The zero-order valence-corrected chi connectivity index (χ0v) is 7.97. The highest BCUT2D eigenvalue weighted by molar-refractivity contribution is 4.58. The Kier molecular flexibility index (Phi) is 8.90. The Hall–Kier alpha value is -0.200. The molecule has 0 radical (unpaired) electrons. The second-order valence-corrected chi connectivity index (χ2v) is 2.34. The maximum atomic E-state index is 8.96. The summed E-state index contributed by atoms with van der Waals surface area (Å²) in [6, 6.07) is 0. The van der Waals surface area contributed by atoms with E-state index in [2.05, 4.69) is 0 Å². The Bertz CT molecular complexity index is 76.4. The van der Waals surface area contributed by atoms with Crippen LogP contribution in [0.15, 0.2) is 0 Å². The minimum absolute atomic E-state index is 0.833. The molecule has 3 atom stereocenters. The smallest absolute Gasteiger partial charge is 0.108 e. The van der Waals surface area contributed by atoms with E-state index in [9.17, 15) is 0 Å². The lowest BCUT2D eigenvalue weighted by Crippen LogP contribution is -2.45. The molecule has 0 saturated carbocycles. The summed E-state index contributed by atoms with van der Waals surface area (Å²) in [4.78, 5) is 1.17. The largest absolute Gasteiger partial charge is 0.400 e. The highest BCUT2D eigenvalue weighted by Crippen LogP contribution is 2.04. The van der Waals surface area contributed by atoms with E-state index >= 15 is 0 Å². The molecule has 5 nitrogen and oxygen atoms in total. The van der Waals surface area contributed by atoms with Crippen molar-refractivity contribution >= 4 is 0 Å². The number of rotatable bonds is 3. The van der Waals surface area contributed by atoms with Gasteiger partial charge in [-0.15, -0.1) is 0 Å². The summed E-state index contributed by atoms with van der Waals surface area (Å²) in [7, 11) is 1.00. The van der Waals surface area contributed by atoms with Crippen LogP contribution >= 0.6 is 0 Å². The van der Waals surface area contributed by atoms with Gasteiger partial charge in [0, 0.05) is 7.11 Å². The van der Waals surface area contributed by atoms with Gasteiger partial charge in [0.15, 0.2) is 0 Å². The molecule has 76 valence electrons. The van der Waals surface area contributed by atoms with Crippen LogP contribution in [-0.2, 0) is 0 Å². The summed E-state index contributed by atoms with van der Waals surface area (Å²) in [6.45, 7) is 4.46. The zero-order chi connectivity index (χ0) is 10.3. The number of nitrogens with zero attached hydrogens (tertiary/aromatic N) is 1. The van der Waals surface area contributed by atoms with Gasteiger partial charge in [-0.1, -0.05) is 0 Å². The van der Waals surface area contributed by atoms with E-state index in [1.54, 1.807) is 0 Å². The number of hydrogen-bond donors (Lipinski definition) is 4. The van der Waals surface area contributed by atoms with E-state index in [4.69, 9.17) is 20.4 Å². The van der Waals surface area contributed by atoms with Gasteiger partial charge >= 0.3 is 0 Å². The van der Waals surface area contributed by atoms with Crippen molar-refractivity contribution in [3.8, 4) is 0 Å². The van der Waals surface area contributed by atoms with Gasteiger partial charge in [-0.2, -0.15) is 0 Å². The molecule has 12 heavy (non-hydrogen) atoms. The molecule has 0 aromatic rings. The lowest BCUT2D eigenvalue weighted by Gasteiger charge is -2.30. The van der Waals surface area contributed by atoms with Crippen molar-refractivity contribution < 1.29 is 20.4 Å². The molecule has 0 spiro atoms. The molecule has 0 aromatic carbocycles. The summed E-state index contributed by atoms with van der Waals surface area (Å²) in [5.74, 6) is 0. The summed E-state index contributed by atoms with van der Waals surface area (Å²) < 4.78 is 0. The van der Waals surface area contributed by atoms with E-state index in [-0.39, 0.29) is 0 Å². The average molecular weight is 181 g/mol. The fourth-order valence-corrected chi connectivity index (χ4v) is 0.937. The van der Waals surface area contributed by atoms with Gasteiger partial charge in [0.2, 0.25) is 0 Å². The molecule has 0 aliphatic heterocycles. The van der Waals surface area contributed by atoms with Crippen molar-refractivity contribution in [3.05, 3.63) is 0 Å². The van der Waals surface area contributed by atoms with Crippen molar-refractivity contribution in [1.82, 2.24) is 4.90 Å². The van der Waals surface area contributed by atoms with Crippen LogP contribution in [-0.4, -0.2) is 51.1 Å². The molecule has 3 unspecified atom stereocenters. The third-order valence-corrected chi connectivity index (χ3v) is 1.29. The number of hydrogen-bond acceptors (Lipinski definition) is 5. The van der Waals surface area contributed by atoms with E-state index < -0.39 is 18.7 Å². The minimum Gasteiger partial charge on any atom is -0.400 e. The van der Waals surface area contributed by atoms with Crippen LogP contribution in [0, 0.1) is 0 Å². The van der Waals surface area contributed by atoms with Gasteiger partial charge in [0.1, 0.15) is 18.7 Å². The third kappa shape index (κ3) is 5.45. The maximum Gasteiger partial charge on any atom is 0.108 e. The quantitative estimate of drug-likeness (QED) is 0.416. The van der Waals surface area contributed by atoms with Gasteiger partial charge < -0.3 is 20.4 Å². The highest BCUT2D eigenvalue weighted by Gasteiger charge is 2.19. The van der Waals surface area contributed by atoms with Crippen molar-refractivity contribution in [2.45, 2.75) is 39.5 Å². The topological polar surface area (TPSA) is 84.2 Å². The SMILES string of the molecule is CC(O)N(C(C)O)C(C)O.CO. The van der Waals surface area contributed by atoms with Crippen LogP contribution in [0.5, 0.6) is 0 Å². The fourth-order valence-electron chi connectivity index (χ4n) is 0.937. The van der Waals surface area contributed by atoms with Crippen LogP contribution in [0.4, 0.5) is 0 Å². The van der Waals surface area contributed by atoms with E-state index in [0.717, 1.165) is 7.11 Å². The van der Waals surface area contributed by atoms with Crippen molar-refractivity contribution in [2.24, 2.45) is 0 Å². The highest BCUT2D eigenvalue weighted by atomic mass is 16.4. The molecule has 0 saturated heterocycles. The summed E-state index contributed by atoms with van der Waals surface area (Å²) >= 11 is 0. The molecule has 0 bridgehead atoms. The monoisotopic (exact) mass is 181 g/mol. The molecule has 0 aliphatic rings. The molecular weight excluding hydrogens is 162 g/mol. The van der Waals surface area contributed by atoms with Crippen molar-refractivity contribution in [3.63, 3.8) is 0 Å².